The molecule has 0 spiro atoms. The highest BCUT2D eigenvalue weighted by Gasteiger charge is 2.54. The number of nitrogens with one attached hydrogen (secondary N) is 2. The second kappa shape index (κ2) is 8.78. The molecule has 35 heavy (non-hydrogen) atoms. The standard InChI is InChI=1S/C25H32ClFN4O4/c1-8-14-12(2)16-17(21(32)29-14)22(30-20(26)18(16)27)34-13(3)19-15-9-10-25(7,11-28-19)31(15)23(33)35-24(4,5)6/h8,13,15,19,28H,1,9-11H2,2-7H3,(H,29,32)/t13-,15-,19+,25+/m0/s1. The number of carbonyl (C=O) groups excluding carboxylic acids is 1. The van der Waals surface area contributed by atoms with Crippen LogP contribution in [0.3, 0.4) is 0 Å². The fraction of sp³-hybridized carbons (Fsp3) is 0.560. The SMILES string of the molecule is C=Cc1[nH]c(=O)c2c(O[C@@H](C)[C@H]3NC[C@@]4(C)CC[C@@H]3N4C(=O)OC(C)(C)C)nc(Cl)c(F)c2c1C. The predicted molar refractivity (Wildman–Crippen MR) is 134 cm³/mol. The first-order chi connectivity index (χ1) is 16.3. The van der Waals surface area contributed by atoms with Gasteiger partial charge in [0.1, 0.15) is 17.1 Å². The monoisotopic (exact) mass is 506 g/mol. The van der Waals surface area contributed by atoms with Crippen molar-refractivity contribution in [1.29, 1.82) is 0 Å². The van der Waals surface area contributed by atoms with Crippen LogP contribution in [0.15, 0.2) is 11.4 Å². The number of rotatable bonds is 4. The third kappa shape index (κ3) is 4.40. The van der Waals surface area contributed by atoms with Crippen molar-refractivity contribution in [2.45, 2.75) is 83.7 Å². The normalized spacial score (nSPS) is 25.0. The molecule has 0 saturated carbocycles. The molecule has 2 saturated heterocycles. The lowest BCUT2D eigenvalue weighted by Crippen LogP contribution is -2.68. The van der Waals surface area contributed by atoms with Crippen LogP contribution < -0.4 is 15.6 Å². The fourth-order valence-corrected chi connectivity index (χ4v) is 5.44. The Labute approximate surface area is 208 Å². The van der Waals surface area contributed by atoms with E-state index in [9.17, 15) is 14.0 Å². The Morgan fingerprint density at radius 1 is 1.40 bits per heavy atom. The summed E-state index contributed by atoms with van der Waals surface area (Å²) >= 11 is 6.10. The van der Waals surface area contributed by atoms with Gasteiger partial charge in [-0.15, -0.1) is 0 Å². The summed E-state index contributed by atoms with van der Waals surface area (Å²) in [7, 11) is 0. The van der Waals surface area contributed by atoms with Crippen molar-refractivity contribution in [3.8, 4) is 5.88 Å². The lowest BCUT2D eigenvalue weighted by atomic mass is 9.96. The van der Waals surface area contributed by atoms with E-state index < -0.39 is 23.1 Å². The number of nitrogens with zero attached hydrogens (tertiary/aromatic N) is 2. The molecule has 2 bridgehead atoms. The van der Waals surface area contributed by atoms with Crippen molar-refractivity contribution >= 4 is 34.5 Å². The van der Waals surface area contributed by atoms with Gasteiger partial charge in [-0.1, -0.05) is 18.2 Å². The molecule has 8 nitrogen and oxygen atoms in total. The van der Waals surface area contributed by atoms with Crippen molar-refractivity contribution in [3.63, 3.8) is 0 Å². The number of halogens is 2. The zero-order valence-electron chi connectivity index (χ0n) is 20.9. The van der Waals surface area contributed by atoms with Gasteiger partial charge in [0.25, 0.3) is 5.56 Å². The minimum atomic E-state index is -0.785. The Kier molecular flexibility index (Phi) is 6.38. The zero-order valence-corrected chi connectivity index (χ0v) is 21.7. The van der Waals surface area contributed by atoms with Crippen LogP contribution in [0.1, 0.15) is 58.7 Å². The highest BCUT2D eigenvalue weighted by atomic mass is 35.5. The molecule has 1 amide bonds. The van der Waals surface area contributed by atoms with E-state index in [2.05, 4.69) is 21.9 Å². The first-order valence-electron chi connectivity index (χ1n) is 11.7. The Bertz CT molecular complexity index is 1260. The molecule has 4 atom stereocenters. The lowest BCUT2D eigenvalue weighted by Gasteiger charge is -2.47. The van der Waals surface area contributed by atoms with Gasteiger partial charge in [0.05, 0.1) is 17.6 Å². The molecule has 0 aliphatic carbocycles. The first kappa shape index (κ1) is 25.4. The van der Waals surface area contributed by atoms with E-state index in [1.165, 1.54) is 6.08 Å². The maximum Gasteiger partial charge on any atom is 0.411 e. The van der Waals surface area contributed by atoms with Gasteiger partial charge in [-0.2, -0.15) is 4.98 Å². The summed E-state index contributed by atoms with van der Waals surface area (Å²) in [6.45, 7) is 15.3. The number of pyridine rings is 2. The largest absolute Gasteiger partial charge is 0.472 e. The summed E-state index contributed by atoms with van der Waals surface area (Å²) < 4.78 is 26.8. The van der Waals surface area contributed by atoms with Crippen LogP contribution in [0.2, 0.25) is 5.15 Å². The Balaban J connectivity index is 1.69. The average molecular weight is 507 g/mol. The molecular formula is C25H32ClFN4O4. The van der Waals surface area contributed by atoms with E-state index in [4.69, 9.17) is 21.1 Å². The van der Waals surface area contributed by atoms with Crippen molar-refractivity contribution in [1.82, 2.24) is 20.2 Å². The second-order valence-electron chi connectivity index (χ2n) is 10.7. The molecule has 2 aliphatic rings. The molecule has 10 heteroatoms. The summed E-state index contributed by atoms with van der Waals surface area (Å²) in [4.78, 5) is 34.6. The third-order valence-corrected chi connectivity index (χ3v) is 7.19. The van der Waals surface area contributed by atoms with Crippen molar-refractivity contribution in [3.05, 3.63) is 39.2 Å². The number of H-pyrrole nitrogens is 1. The minimum Gasteiger partial charge on any atom is -0.472 e. The van der Waals surface area contributed by atoms with Crippen LogP contribution in [-0.2, 0) is 4.74 Å². The molecule has 4 heterocycles. The molecule has 0 unspecified atom stereocenters. The van der Waals surface area contributed by atoms with Crippen molar-refractivity contribution in [2.24, 2.45) is 0 Å². The van der Waals surface area contributed by atoms with E-state index in [-0.39, 0.29) is 45.5 Å². The number of hydrogen-bond acceptors (Lipinski definition) is 6. The summed E-state index contributed by atoms with van der Waals surface area (Å²) in [6, 6.07) is -0.459. The topological polar surface area (TPSA) is 96.6 Å². The van der Waals surface area contributed by atoms with Crippen LogP contribution in [-0.4, -0.2) is 56.8 Å². The van der Waals surface area contributed by atoms with Gasteiger partial charge >= 0.3 is 6.09 Å². The van der Waals surface area contributed by atoms with Crippen LogP contribution in [0, 0.1) is 12.7 Å². The predicted octanol–water partition coefficient (Wildman–Crippen LogP) is 4.56. The maximum absolute atomic E-state index is 15.0. The number of piperazine rings is 1. The van der Waals surface area contributed by atoms with Crippen molar-refractivity contribution in [2.75, 3.05) is 6.54 Å². The summed E-state index contributed by atoms with van der Waals surface area (Å²) in [5.74, 6) is -0.845. The van der Waals surface area contributed by atoms with Gasteiger partial charge in [-0.3, -0.25) is 9.69 Å². The lowest BCUT2D eigenvalue weighted by molar-refractivity contribution is -0.0243. The average Bonchev–Trinajstić information content (AvgIpc) is 2.99. The number of carbonyl (C=O) groups is 1. The summed E-state index contributed by atoms with van der Waals surface area (Å²) in [6.07, 6.45) is 2.14. The van der Waals surface area contributed by atoms with Gasteiger partial charge in [-0.25, -0.2) is 9.18 Å². The van der Waals surface area contributed by atoms with E-state index in [0.29, 0.717) is 17.8 Å². The number of amides is 1. The molecule has 2 aliphatic heterocycles. The number of hydrogen-bond donors (Lipinski definition) is 2. The second-order valence-corrected chi connectivity index (χ2v) is 11.0. The van der Waals surface area contributed by atoms with Gasteiger partial charge in [0, 0.05) is 17.6 Å². The Morgan fingerprint density at radius 2 is 2.09 bits per heavy atom. The molecule has 190 valence electrons. The van der Waals surface area contributed by atoms with Crippen LogP contribution in [0.4, 0.5) is 9.18 Å². The molecular weight excluding hydrogens is 475 g/mol. The van der Waals surface area contributed by atoms with Gasteiger partial charge in [0.15, 0.2) is 11.0 Å². The summed E-state index contributed by atoms with van der Waals surface area (Å²) in [5.41, 5.74) is -0.664. The van der Waals surface area contributed by atoms with E-state index in [1.807, 2.05) is 39.5 Å². The first-order valence-corrected chi connectivity index (χ1v) is 12.1. The highest BCUT2D eigenvalue weighted by Crippen LogP contribution is 2.41. The van der Waals surface area contributed by atoms with E-state index >= 15 is 0 Å². The number of aryl methyl sites for hydroxylation is 1. The number of fused-ring (bicyclic) bond motifs is 3. The smallest absolute Gasteiger partial charge is 0.411 e. The Hall–Kier alpha value is -2.65. The van der Waals surface area contributed by atoms with Gasteiger partial charge < -0.3 is 19.8 Å². The molecule has 0 aromatic carbocycles. The molecule has 2 aromatic heterocycles. The molecule has 2 fully saturated rings. The minimum absolute atomic E-state index is 0.0158. The van der Waals surface area contributed by atoms with Gasteiger partial charge in [0.2, 0.25) is 5.88 Å². The van der Waals surface area contributed by atoms with Crippen LogP contribution in [0.25, 0.3) is 16.8 Å². The van der Waals surface area contributed by atoms with Crippen LogP contribution in [0.5, 0.6) is 5.88 Å². The Morgan fingerprint density at radius 3 is 2.71 bits per heavy atom. The highest BCUT2D eigenvalue weighted by molar-refractivity contribution is 6.30. The number of ether oxygens (including phenoxy) is 2. The van der Waals surface area contributed by atoms with Crippen molar-refractivity contribution < 1.29 is 18.7 Å². The fourth-order valence-electron chi connectivity index (χ4n) is 5.27. The van der Waals surface area contributed by atoms with Gasteiger partial charge in [-0.05, 0) is 66.0 Å². The molecule has 4 rings (SSSR count). The quantitative estimate of drug-likeness (QED) is 0.590. The van der Waals surface area contributed by atoms with Crippen LogP contribution >= 0.6 is 11.6 Å². The molecule has 2 N–H and O–H groups in total. The maximum atomic E-state index is 15.0. The third-order valence-electron chi connectivity index (χ3n) is 6.94. The molecule has 2 aromatic rings. The number of aromatic nitrogens is 2. The summed E-state index contributed by atoms with van der Waals surface area (Å²) in [5, 5.41) is 3.15. The van der Waals surface area contributed by atoms with E-state index in [0.717, 1.165) is 12.8 Å². The zero-order chi connectivity index (χ0) is 25.9. The molecule has 0 radical (unpaired) electrons. The van der Waals surface area contributed by atoms with E-state index in [1.54, 1.807) is 6.92 Å². The number of aromatic amines is 1.